The first-order valence-corrected chi connectivity index (χ1v) is 8.18. The summed E-state index contributed by atoms with van der Waals surface area (Å²) in [5.41, 5.74) is 3.43. The molecule has 1 amide bonds. The fraction of sp³-hybridized carbons (Fsp3) is 0.222. The zero-order valence-corrected chi connectivity index (χ0v) is 13.9. The van der Waals surface area contributed by atoms with Crippen LogP contribution in [0.4, 0.5) is 5.82 Å². The molecule has 1 aliphatic heterocycles. The highest BCUT2D eigenvalue weighted by molar-refractivity contribution is 5.97. The molecule has 0 fully saturated rings. The minimum absolute atomic E-state index is 0.000398. The summed E-state index contributed by atoms with van der Waals surface area (Å²) in [5.74, 6) is 0.713. The van der Waals surface area contributed by atoms with E-state index < -0.39 is 0 Å². The summed E-state index contributed by atoms with van der Waals surface area (Å²) >= 11 is 0. The van der Waals surface area contributed by atoms with Gasteiger partial charge in [0.25, 0.3) is 5.91 Å². The maximum absolute atomic E-state index is 13.1. The van der Waals surface area contributed by atoms with Crippen LogP contribution < -0.4 is 5.32 Å². The summed E-state index contributed by atoms with van der Waals surface area (Å²) in [7, 11) is 1.81. The lowest BCUT2D eigenvalue weighted by Crippen LogP contribution is -2.37. The van der Waals surface area contributed by atoms with Crippen LogP contribution in [-0.4, -0.2) is 44.4 Å². The second-order valence-electron chi connectivity index (χ2n) is 5.90. The topological polar surface area (TPSA) is 75.9 Å². The Morgan fingerprint density at radius 1 is 1.20 bits per heavy atom. The lowest BCUT2D eigenvalue weighted by molar-refractivity contribution is 0.0733. The normalized spacial score (nSPS) is 13.4. The van der Waals surface area contributed by atoms with E-state index >= 15 is 0 Å². The summed E-state index contributed by atoms with van der Waals surface area (Å²) in [6.07, 6.45) is 4.25. The van der Waals surface area contributed by atoms with Gasteiger partial charge in [-0.2, -0.15) is 10.2 Å². The Morgan fingerprint density at radius 2 is 2.08 bits per heavy atom. The quantitative estimate of drug-likeness (QED) is 0.792. The van der Waals surface area contributed by atoms with Gasteiger partial charge in [0.15, 0.2) is 0 Å². The number of para-hydroxylation sites is 1. The highest BCUT2D eigenvalue weighted by Gasteiger charge is 2.25. The summed E-state index contributed by atoms with van der Waals surface area (Å²) in [6, 6.07) is 11.3. The Hall–Kier alpha value is -3.22. The molecular weight excluding hydrogens is 316 g/mol. The third-order valence-electron chi connectivity index (χ3n) is 4.37. The number of carbonyl (C=O) groups is 1. The van der Waals surface area contributed by atoms with E-state index in [2.05, 4.69) is 20.6 Å². The minimum Gasteiger partial charge on any atom is -0.372 e. The van der Waals surface area contributed by atoms with E-state index in [4.69, 9.17) is 0 Å². The molecule has 0 bridgehead atoms. The number of anilines is 1. The molecule has 2 aromatic heterocycles. The number of hydrogen-bond acceptors (Lipinski definition) is 5. The average Bonchev–Trinajstić information content (AvgIpc) is 3.21. The van der Waals surface area contributed by atoms with Crippen molar-refractivity contribution in [2.24, 2.45) is 0 Å². The predicted octanol–water partition coefficient (Wildman–Crippen LogP) is 1.90. The molecular formula is C18H18N6O. The molecule has 1 aromatic carbocycles. The van der Waals surface area contributed by atoms with Crippen molar-refractivity contribution in [1.29, 1.82) is 0 Å². The van der Waals surface area contributed by atoms with Crippen molar-refractivity contribution < 1.29 is 4.79 Å². The zero-order valence-electron chi connectivity index (χ0n) is 13.9. The summed E-state index contributed by atoms with van der Waals surface area (Å²) in [6.45, 7) is 1.17. The summed E-state index contributed by atoms with van der Waals surface area (Å²) < 4.78 is 1.72. The fourth-order valence-electron chi connectivity index (χ4n) is 3.06. The van der Waals surface area contributed by atoms with Crippen molar-refractivity contribution >= 4 is 11.7 Å². The van der Waals surface area contributed by atoms with Crippen molar-refractivity contribution in [3.05, 3.63) is 65.6 Å². The fourth-order valence-corrected chi connectivity index (χ4v) is 3.06. The van der Waals surface area contributed by atoms with Crippen LogP contribution >= 0.6 is 0 Å². The third kappa shape index (κ3) is 2.84. The van der Waals surface area contributed by atoms with Crippen LogP contribution in [0.25, 0.3) is 5.69 Å². The second-order valence-corrected chi connectivity index (χ2v) is 5.90. The molecule has 0 radical (unpaired) electrons. The Balaban J connectivity index is 1.64. The molecule has 1 N–H and O–H groups in total. The second kappa shape index (κ2) is 6.35. The smallest absolute Gasteiger partial charge is 0.256 e. The van der Waals surface area contributed by atoms with Crippen LogP contribution in [0.3, 0.4) is 0 Å². The molecule has 0 unspecified atom stereocenters. The van der Waals surface area contributed by atoms with Gasteiger partial charge in [-0.05, 0) is 29.8 Å². The van der Waals surface area contributed by atoms with E-state index in [0.29, 0.717) is 30.9 Å². The van der Waals surface area contributed by atoms with Gasteiger partial charge in [-0.3, -0.25) is 4.79 Å². The molecule has 0 saturated heterocycles. The Morgan fingerprint density at radius 3 is 2.88 bits per heavy atom. The molecule has 126 valence electrons. The maximum atomic E-state index is 13.1. The number of rotatable bonds is 3. The van der Waals surface area contributed by atoms with Gasteiger partial charge in [0.1, 0.15) is 5.82 Å². The first-order chi connectivity index (χ1) is 12.3. The van der Waals surface area contributed by atoms with Gasteiger partial charge < -0.3 is 10.2 Å². The highest BCUT2D eigenvalue weighted by Crippen LogP contribution is 2.22. The number of aromatic nitrogens is 4. The zero-order chi connectivity index (χ0) is 17.2. The lowest BCUT2D eigenvalue weighted by atomic mass is 10.0. The van der Waals surface area contributed by atoms with Gasteiger partial charge >= 0.3 is 0 Å². The van der Waals surface area contributed by atoms with E-state index in [-0.39, 0.29) is 5.91 Å². The van der Waals surface area contributed by atoms with Crippen molar-refractivity contribution in [3.8, 4) is 5.69 Å². The Bertz CT molecular complexity index is 906. The highest BCUT2D eigenvalue weighted by atomic mass is 16.2. The number of benzene rings is 1. The van der Waals surface area contributed by atoms with Crippen LogP contribution in [-0.2, 0) is 13.0 Å². The van der Waals surface area contributed by atoms with Crippen molar-refractivity contribution in [2.45, 2.75) is 13.0 Å². The van der Waals surface area contributed by atoms with Gasteiger partial charge in [-0.25, -0.2) is 4.68 Å². The number of amides is 1. The lowest BCUT2D eigenvalue weighted by Gasteiger charge is -2.28. The molecule has 7 nitrogen and oxygen atoms in total. The van der Waals surface area contributed by atoms with Gasteiger partial charge in [0.2, 0.25) is 0 Å². The molecule has 0 saturated carbocycles. The van der Waals surface area contributed by atoms with Crippen LogP contribution in [0.2, 0.25) is 0 Å². The maximum Gasteiger partial charge on any atom is 0.256 e. The standard InChI is InChI=1S/C18H18N6O/c1-19-17-11-13-12-23(10-7-15(13)21-22-17)18(25)14-5-2-3-6-16(14)24-9-4-8-20-24/h2-6,8-9,11H,7,10,12H2,1H3,(H,19,22). The van der Waals surface area contributed by atoms with Crippen LogP contribution in [0.1, 0.15) is 21.6 Å². The van der Waals surface area contributed by atoms with E-state index in [1.165, 1.54) is 0 Å². The van der Waals surface area contributed by atoms with Gasteiger partial charge in [0.05, 0.1) is 16.9 Å². The van der Waals surface area contributed by atoms with E-state index in [0.717, 1.165) is 16.9 Å². The molecule has 3 aromatic rings. The number of carbonyl (C=O) groups excluding carboxylic acids is 1. The van der Waals surface area contributed by atoms with Crippen LogP contribution in [0.5, 0.6) is 0 Å². The Kier molecular flexibility index (Phi) is 3.89. The first-order valence-electron chi connectivity index (χ1n) is 8.18. The molecule has 0 aliphatic carbocycles. The third-order valence-corrected chi connectivity index (χ3v) is 4.37. The largest absolute Gasteiger partial charge is 0.372 e. The molecule has 4 rings (SSSR count). The molecule has 0 atom stereocenters. The number of fused-ring (bicyclic) bond motifs is 1. The molecule has 7 heteroatoms. The molecule has 0 spiro atoms. The molecule has 3 heterocycles. The number of nitrogens with one attached hydrogen (secondary N) is 1. The van der Waals surface area contributed by atoms with Crippen LogP contribution in [0.15, 0.2) is 48.8 Å². The SMILES string of the molecule is CNc1cc2c(nn1)CCN(C(=O)c1ccccc1-n1cccn1)C2. The molecule has 25 heavy (non-hydrogen) atoms. The van der Waals surface area contributed by atoms with Gasteiger partial charge in [0, 0.05) is 39.0 Å². The van der Waals surface area contributed by atoms with Crippen LogP contribution in [0, 0.1) is 0 Å². The van der Waals surface area contributed by atoms with Gasteiger partial charge in [-0.15, -0.1) is 5.10 Å². The average molecular weight is 334 g/mol. The van der Waals surface area contributed by atoms with E-state index in [1.54, 1.807) is 10.9 Å². The molecule has 1 aliphatic rings. The first kappa shape index (κ1) is 15.3. The number of hydrogen-bond donors (Lipinski definition) is 1. The Labute approximate surface area is 145 Å². The van der Waals surface area contributed by atoms with E-state index in [9.17, 15) is 4.79 Å². The number of nitrogens with zero attached hydrogens (tertiary/aromatic N) is 5. The minimum atomic E-state index is -0.000398. The van der Waals surface area contributed by atoms with Crippen molar-refractivity contribution in [3.63, 3.8) is 0 Å². The van der Waals surface area contributed by atoms with Crippen molar-refractivity contribution in [1.82, 2.24) is 24.9 Å². The van der Waals surface area contributed by atoms with Gasteiger partial charge in [-0.1, -0.05) is 12.1 Å². The van der Waals surface area contributed by atoms with E-state index in [1.807, 2.05) is 54.5 Å². The monoisotopic (exact) mass is 334 g/mol. The van der Waals surface area contributed by atoms with Crippen molar-refractivity contribution in [2.75, 3.05) is 18.9 Å². The predicted molar refractivity (Wildman–Crippen MR) is 93.6 cm³/mol. The summed E-state index contributed by atoms with van der Waals surface area (Å²) in [4.78, 5) is 15.0. The summed E-state index contributed by atoms with van der Waals surface area (Å²) in [5, 5.41) is 15.6.